The maximum absolute atomic E-state index is 9.30. The molecule has 2 rings (SSSR count). The number of hydrogen-bond acceptors (Lipinski definition) is 2. The molecule has 0 bridgehead atoms. The average Bonchev–Trinajstić information content (AvgIpc) is 2.16. The lowest BCUT2D eigenvalue weighted by Gasteiger charge is -2.06. The molecule has 0 aliphatic carbocycles. The van der Waals surface area contributed by atoms with Gasteiger partial charge >= 0.3 is 0 Å². The molecule has 2 nitrogen and oxygen atoms in total. The van der Waals surface area contributed by atoms with Gasteiger partial charge in [-0.05, 0) is 29.7 Å². The van der Waals surface area contributed by atoms with Crippen LogP contribution in [0.3, 0.4) is 0 Å². The summed E-state index contributed by atoms with van der Waals surface area (Å²) in [4.78, 5) is 4.13. The van der Waals surface area contributed by atoms with Crippen molar-refractivity contribution in [3.05, 3.63) is 36.0 Å². The molecule has 1 N–H and O–H groups in total. The highest BCUT2D eigenvalue weighted by Gasteiger charge is 2.01. The minimum absolute atomic E-state index is 0.221. The molecule has 0 radical (unpaired) electrons. The van der Waals surface area contributed by atoms with Crippen molar-refractivity contribution in [2.75, 3.05) is 0 Å². The van der Waals surface area contributed by atoms with Crippen molar-refractivity contribution in [3.8, 4) is 5.75 Å². The molecule has 2 aromatic rings. The number of nitrogens with zero attached hydrogens (tertiary/aromatic N) is 1. The van der Waals surface area contributed by atoms with Gasteiger partial charge in [0.1, 0.15) is 5.75 Å². The third kappa shape index (κ3) is 1.55. The molecule has 14 heavy (non-hydrogen) atoms. The Labute approximate surface area is 83.2 Å². The van der Waals surface area contributed by atoms with Crippen molar-refractivity contribution in [2.45, 2.75) is 19.8 Å². The summed E-state index contributed by atoms with van der Waals surface area (Å²) in [7, 11) is 0. The molecule has 72 valence electrons. The number of aromatic nitrogens is 1. The summed E-state index contributed by atoms with van der Waals surface area (Å²) < 4.78 is 0. The van der Waals surface area contributed by atoms with E-state index >= 15 is 0 Å². The first-order valence-electron chi connectivity index (χ1n) is 4.75. The van der Waals surface area contributed by atoms with E-state index in [1.165, 1.54) is 11.8 Å². The third-order valence-electron chi connectivity index (χ3n) is 2.36. The quantitative estimate of drug-likeness (QED) is 0.744. The van der Waals surface area contributed by atoms with Crippen LogP contribution in [0.25, 0.3) is 10.9 Å². The molecule has 1 heterocycles. The maximum Gasteiger partial charge on any atom is 0.134 e. The standard InChI is InChI=1S/C12H13NO/c1-8(2)9-3-4-12-10(5-9)6-11(14)7-13-12/h3-8,14H,1-2H3. The van der Waals surface area contributed by atoms with Crippen LogP contribution >= 0.6 is 0 Å². The average molecular weight is 187 g/mol. The second kappa shape index (κ2) is 3.29. The van der Waals surface area contributed by atoms with Gasteiger partial charge in [-0.3, -0.25) is 4.98 Å². The Balaban J connectivity index is 2.63. The van der Waals surface area contributed by atoms with E-state index in [0.29, 0.717) is 5.92 Å². The summed E-state index contributed by atoms with van der Waals surface area (Å²) in [6, 6.07) is 7.89. The number of hydrogen-bond donors (Lipinski definition) is 1. The van der Waals surface area contributed by atoms with Gasteiger partial charge in [0.05, 0.1) is 11.7 Å². The van der Waals surface area contributed by atoms with E-state index in [1.54, 1.807) is 6.07 Å². The molecule has 0 saturated carbocycles. The van der Waals surface area contributed by atoms with Crippen LogP contribution in [0.4, 0.5) is 0 Å². The van der Waals surface area contributed by atoms with Crippen LogP contribution in [0.2, 0.25) is 0 Å². The molecule has 1 aromatic heterocycles. The summed E-state index contributed by atoms with van der Waals surface area (Å²) >= 11 is 0. The molecule has 0 aliphatic rings. The van der Waals surface area contributed by atoms with Crippen LogP contribution in [-0.2, 0) is 0 Å². The zero-order valence-electron chi connectivity index (χ0n) is 8.36. The van der Waals surface area contributed by atoms with Gasteiger partial charge in [0, 0.05) is 5.39 Å². The van der Waals surface area contributed by atoms with E-state index < -0.39 is 0 Å². The fraction of sp³-hybridized carbons (Fsp3) is 0.250. The van der Waals surface area contributed by atoms with Gasteiger partial charge in [0.2, 0.25) is 0 Å². The first kappa shape index (κ1) is 9.00. The lowest BCUT2D eigenvalue weighted by atomic mass is 10.0. The van der Waals surface area contributed by atoms with E-state index in [4.69, 9.17) is 0 Å². The SMILES string of the molecule is CC(C)c1ccc2ncc(O)cc2c1. The summed E-state index contributed by atoms with van der Waals surface area (Å²) in [5.74, 6) is 0.722. The molecule has 0 aliphatic heterocycles. The van der Waals surface area contributed by atoms with Gasteiger partial charge in [-0.2, -0.15) is 0 Å². The second-order valence-electron chi connectivity index (χ2n) is 3.80. The molecule has 0 unspecified atom stereocenters. The van der Waals surface area contributed by atoms with E-state index in [9.17, 15) is 5.11 Å². The molecule has 0 saturated heterocycles. The van der Waals surface area contributed by atoms with E-state index in [-0.39, 0.29) is 5.75 Å². The fourth-order valence-electron chi connectivity index (χ4n) is 1.50. The van der Waals surface area contributed by atoms with Gasteiger partial charge < -0.3 is 5.11 Å². The normalized spacial score (nSPS) is 11.1. The highest BCUT2D eigenvalue weighted by atomic mass is 16.3. The van der Waals surface area contributed by atoms with Gasteiger partial charge in [-0.15, -0.1) is 0 Å². The molecule has 1 aromatic carbocycles. The van der Waals surface area contributed by atoms with E-state index in [2.05, 4.69) is 31.0 Å². The minimum atomic E-state index is 0.221. The largest absolute Gasteiger partial charge is 0.506 e. The van der Waals surface area contributed by atoms with Crippen LogP contribution < -0.4 is 0 Å². The van der Waals surface area contributed by atoms with Crippen molar-refractivity contribution in [1.82, 2.24) is 4.98 Å². The highest BCUT2D eigenvalue weighted by molar-refractivity contribution is 5.80. The van der Waals surface area contributed by atoms with Crippen molar-refractivity contribution in [1.29, 1.82) is 0 Å². The first-order chi connectivity index (χ1) is 6.66. The Morgan fingerprint density at radius 1 is 1.21 bits per heavy atom. The maximum atomic E-state index is 9.30. The van der Waals surface area contributed by atoms with Crippen LogP contribution in [-0.4, -0.2) is 10.1 Å². The van der Waals surface area contributed by atoms with Crippen molar-refractivity contribution < 1.29 is 5.11 Å². The van der Waals surface area contributed by atoms with Gasteiger partial charge in [-0.25, -0.2) is 0 Å². The van der Waals surface area contributed by atoms with Crippen LogP contribution in [0.1, 0.15) is 25.3 Å². The second-order valence-corrected chi connectivity index (χ2v) is 3.80. The molecule has 0 fully saturated rings. The van der Waals surface area contributed by atoms with Crippen molar-refractivity contribution in [3.63, 3.8) is 0 Å². The summed E-state index contributed by atoms with van der Waals surface area (Å²) in [6.07, 6.45) is 1.47. The Morgan fingerprint density at radius 2 is 2.00 bits per heavy atom. The smallest absolute Gasteiger partial charge is 0.134 e. The zero-order chi connectivity index (χ0) is 10.1. The molecule has 0 spiro atoms. The van der Waals surface area contributed by atoms with E-state index in [1.807, 2.05) is 6.07 Å². The lowest BCUT2D eigenvalue weighted by Crippen LogP contribution is -1.87. The van der Waals surface area contributed by atoms with Crippen LogP contribution in [0.15, 0.2) is 30.5 Å². The topological polar surface area (TPSA) is 33.1 Å². The molecular formula is C12H13NO. The summed E-state index contributed by atoms with van der Waals surface area (Å²) in [5.41, 5.74) is 2.19. The number of rotatable bonds is 1. The van der Waals surface area contributed by atoms with Crippen LogP contribution in [0.5, 0.6) is 5.75 Å². The Hall–Kier alpha value is -1.57. The number of aromatic hydroxyl groups is 1. The van der Waals surface area contributed by atoms with Crippen molar-refractivity contribution in [2.24, 2.45) is 0 Å². The predicted octanol–water partition coefficient (Wildman–Crippen LogP) is 3.06. The Kier molecular flexibility index (Phi) is 2.12. The zero-order valence-corrected chi connectivity index (χ0v) is 8.36. The number of pyridine rings is 1. The van der Waals surface area contributed by atoms with Crippen molar-refractivity contribution >= 4 is 10.9 Å². The number of fused-ring (bicyclic) bond motifs is 1. The Bertz CT molecular complexity index is 463. The van der Waals surface area contributed by atoms with E-state index in [0.717, 1.165) is 10.9 Å². The predicted molar refractivity (Wildman–Crippen MR) is 57.5 cm³/mol. The summed E-state index contributed by atoms with van der Waals surface area (Å²) in [5, 5.41) is 10.3. The number of benzene rings is 1. The fourth-order valence-corrected chi connectivity index (χ4v) is 1.50. The first-order valence-corrected chi connectivity index (χ1v) is 4.75. The molecule has 2 heteroatoms. The minimum Gasteiger partial charge on any atom is -0.506 e. The summed E-state index contributed by atoms with van der Waals surface area (Å²) in [6.45, 7) is 4.30. The molecule has 0 atom stereocenters. The molecular weight excluding hydrogens is 174 g/mol. The Morgan fingerprint density at radius 3 is 2.71 bits per heavy atom. The third-order valence-corrected chi connectivity index (χ3v) is 2.36. The monoisotopic (exact) mass is 187 g/mol. The highest BCUT2D eigenvalue weighted by Crippen LogP contribution is 2.22. The van der Waals surface area contributed by atoms with Gasteiger partial charge in [0.15, 0.2) is 0 Å². The lowest BCUT2D eigenvalue weighted by molar-refractivity contribution is 0.474. The van der Waals surface area contributed by atoms with Crippen LogP contribution in [0, 0.1) is 0 Å². The molecule has 0 amide bonds. The van der Waals surface area contributed by atoms with Gasteiger partial charge in [0.25, 0.3) is 0 Å². The van der Waals surface area contributed by atoms with Gasteiger partial charge in [-0.1, -0.05) is 19.9 Å².